The smallest absolute Gasteiger partial charge is 0.278 e. The average Bonchev–Trinajstić information content (AvgIpc) is 2.77. The highest BCUT2D eigenvalue weighted by Gasteiger charge is 2.20. The van der Waals surface area contributed by atoms with Crippen LogP contribution in [0.25, 0.3) is 11.3 Å². The predicted molar refractivity (Wildman–Crippen MR) is 131 cm³/mol. The number of hydrogen-bond acceptors (Lipinski definition) is 6. The van der Waals surface area contributed by atoms with E-state index >= 15 is 0 Å². The summed E-state index contributed by atoms with van der Waals surface area (Å²) in [6.07, 6.45) is 0. The van der Waals surface area contributed by atoms with Crippen LogP contribution in [0.1, 0.15) is 31.9 Å². The van der Waals surface area contributed by atoms with E-state index in [1.54, 1.807) is 45.0 Å². The lowest BCUT2D eigenvalue weighted by Crippen LogP contribution is -2.24. The Morgan fingerprint density at radius 1 is 0.909 bits per heavy atom. The number of nitrogens with zero attached hydrogens (tertiary/aromatic N) is 2. The number of thioether (sulfide) groups is 1. The number of amides is 2. The molecule has 3 N–H and O–H groups in total. The minimum absolute atomic E-state index is 0.0895. The second-order valence-corrected chi connectivity index (χ2v) is 9.34. The molecule has 0 aliphatic carbocycles. The Hall–Kier alpha value is -3.46. The maximum absolute atomic E-state index is 12.8. The summed E-state index contributed by atoms with van der Waals surface area (Å²) in [5.74, 6) is -0.578. The SMILES string of the molecule is Cc1cccc(C)c1NC(=O)[C@H](C)Sc1nnc(-c2ccccc2NC(=O)C(C)C)c(=O)[nH]1. The zero-order valence-electron chi connectivity index (χ0n) is 19.2. The van der Waals surface area contributed by atoms with Crippen LogP contribution in [-0.2, 0) is 9.59 Å². The molecule has 0 aliphatic heterocycles. The number of nitrogens with one attached hydrogen (secondary N) is 3. The van der Waals surface area contributed by atoms with Gasteiger partial charge in [0.2, 0.25) is 11.8 Å². The van der Waals surface area contributed by atoms with Crippen molar-refractivity contribution in [1.82, 2.24) is 15.2 Å². The maximum Gasteiger partial charge on any atom is 0.278 e. The molecule has 1 heterocycles. The summed E-state index contributed by atoms with van der Waals surface area (Å²) in [6, 6.07) is 12.7. The fraction of sp³-hybridized carbons (Fsp3) is 0.292. The standard InChI is InChI=1S/C24H27N5O3S/c1-13(2)21(30)25-18-12-7-6-11-17(18)20-23(32)27-24(29-28-20)33-16(5)22(31)26-19-14(3)9-8-10-15(19)4/h6-13,16H,1-5H3,(H,25,30)(H,26,31)(H,27,29,32)/t16-/m0/s1. The van der Waals surface area contributed by atoms with Crippen molar-refractivity contribution in [3.8, 4) is 11.3 Å². The lowest BCUT2D eigenvalue weighted by atomic mass is 10.1. The van der Waals surface area contributed by atoms with Gasteiger partial charge in [0.05, 0.1) is 10.9 Å². The van der Waals surface area contributed by atoms with Crippen LogP contribution in [0.3, 0.4) is 0 Å². The number of aromatic nitrogens is 3. The van der Waals surface area contributed by atoms with E-state index in [2.05, 4.69) is 25.8 Å². The minimum Gasteiger partial charge on any atom is -0.325 e. The van der Waals surface area contributed by atoms with Gasteiger partial charge in [-0.25, -0.2) is 0 Å². The molecule has 172 valence electrons. The lowest BCUT2D eigenvalue weighted by Gasteiger charge is -2.15. The van der Waals surface area contributed by atoms with Gasteiger partial charge in [0.1, 0.15) is 0 Å². The first kappa shape index (κ1) is 24.2. The molecule has 9 heteroatoms. The number of aromatic amines is 1. The van der Waals surface area contributed by atoms with E-state index < -0.39 is 10.8 Å². The van der Waals surface area contributed by atoms with Crippen molar-refractivity contribution < 1.29 is 9.59 Å². The van der Waals surface area contributed by atoms with Gasteiger partial charge in [-0.05, 0) is 38.0 Å². The molecule has 0 fully saturated rings. The molecule has 2 aromatic carbocycles. The van der Waals surface area contributed by atoms with Crippen molar-refractivity contribution in [3.05, 3.63) is 63.9 Å². The van der Waals surface area contributed by atoms with Gasteiger partial charge in [0, 0.05) is 17.2 Å². The van der Waals surface area contributed by atoms with E-state index in [0.29, 0.717) is 11.3 Å². The highest BCUT2D eigenvalue weighted by atomic mass is 32.2. The summed E-state index contributed by atoms with van der Waals surface area (Å²) in [6.45, 7) is 9.17. The number of H-pyrrole nitrogens is 1. The van der Waals surface area contributed by atoms with Crippen molar-refractivity contribution in [1.29, 1.82) is 0 Å². The Bertz CT molecular complexity index is 1220. The molecule has 1 aromatic heterocycles. The van der Waals surface area contributed by atoms with E-state index in [4.69, 9.17) is 0 Å². The summed E-state index contributed by atoms with van der Waals surface area (Å²) in [7, 11) is 0. The summed E-state index contributed by atoms with van der Waals surface area (Å²) >= 11 is 1.11. The van der Waals surface area contributed by atoms with Crippen LogP contribution in [0.2, 0.25) is 0 Å². The van der Waals surface area contributed by atoms with Gasteiger partial charge in [-0.15, -0.1) is 10.2 Å². The number of anilines is 2. The van der Waals surface area contributed by atoms with Crippen LogP contribution in [-0.4, -0.2) is 32.2 Å². The van der Waals surface area contributed by atoms with Crippen molar-refractivity contribution in [2.75, 3.05) is 10.6 Å². The van der Waals surface area contributed by atoms with E-state index in [1.165, 1.54) is 0 Å². The summed E-state index contributed by atoms with van der Waals surface area (Å²) in [5, 5.41) is 13.7. The number of para-hydroxylation sites is 2. The topological polar surface area (TPSA) is 117 Å². The Morgan fingerprint density at radius 3 is 2.21 bits per heavy atom. The summed E-state index contributed by atoms with van der Waals surface area (Å²) < 4.78 is 0. The second kappa shape index (κ2) is 10.4. The van der Waals surface area contributed by atoms with Crippen molar-refractivity contribution >= 4 is 35.0 Å². The second-order valence-electron chi connectivity index (χ2n) is 8.01. The number of benzene rings is 2. The number of carbonyl (C=O) groups excluding carboxylic acids is 2. The summed E-state index contributed by atoms with van der Waals surface area (Å²) in [4.78, 5) is 40.3. The highest BCUT2D eigenvalue weighted by molar-refractivity contribution is 8.00. The number of carbonyl (C=O) groups is 2. The van der Waals surface area contributed by atoms with Crippen molar-refractivity contribution in [2.45, 2.75) is 45.0 Å². The number of aryl methyl sites for hydroxylation is 2. The largest absolute Gasteiger partial charge is 0.325 e. The van der Waals surface area contributed by atoms with Gasteiger partial charge in [0.15, 0.2) is 10.9 Å². The van der Waals surface area contributed by atoms with Crippen molar-refractivity contribution in [3.63, 3.8) is 0 Å². The lowest BCUT2D eigenvalue weighted by molar-refractivity contribution is -0.119. The van der Waals surface area contributed by atoms with Gasteiger partial charge in [-0.3, -0.25) is 19.4 Å². The minimum atomic E-state index is -0.516. The normalized spacial score (nSPS) is 11.8. The molecule has 0 bridgehead atoms. The van der Waals surface area contributed by atoms with Crippen LogP contribution < -0.4 is 16.2 Å². The third-order valence-electron chi connectivity index (χ3n) is 5.03. The fourth-order valence-electron chi connectivity index (χ4n) is 3.08. The Morgan fingerprint density at radius 2 is 1.58 bits per heavy atom. The quantitative estimate of drug-likeness (QED) is 0.451. The summed E-state index contributed by atoms with van der Waals surface area (Å²) in [5.41, 5.74) is 3.32. The van der Waals surface area contributed by atoms with Crippen molar-refractivity contribution in [2.24, 2.45) is 5.92 Å². The van der Waals surface area contributed by atoms with Crippen LogP contribution >= 0.6 is 11.8 Å². The first-order chi connectivity index (χ1) is 15.7. The molecule has 3 rings (SSSR count). The molecular weight excluding hydrogens is 438 g/mol. The maximum atomic E-state index is 12.8. The zero-order valence-corrected chi connectivity index (χ0v) is 20.0. The molecule has 0 unspecified atom stereocenters. The van der Waals surface area contributed by atoms with Crippen LogP contribution in [0, 0.1) is 19.8 Å². The Labute approximate surface area is 196 Å². The van der Waals surface area contributed by atoms with E-state index in [-0.39, 0.29) is 28.6 Å². The molecule has 8 nitrogen and oxygen atoms in total. The molecule has 0 spiro atoms. The number of rotatable bonds is 7. The number of hydrogen-bond donors (Lipinski definition) is 3. The van der Waals surface area contributed by atoms with Crippen LogP contribution in [0.15, 0.2) is 52.4 Å². The van der Waals surface area contributed by atoms with Gasteiger partial charge in [-0.2, -0.15) is 0 Å². The van der Waals surface area contributed by atoms with Crippen LogP contribution in [0.4, 0.5) is 11.4 Å². The monoisotopic (exact) mass is 465 g/mol. The van der Waals surface area contributed by atoms with E-state index in [1.807, 2.05) is 32.0 Å². The van der Waals surface area contributed by atoms with Gasteiger partial charge < -0.3 is 10.6 Å². The Kier molecular flexibility index (Phi) is 7.65. The van der Waals surface area contributed by atoms with Gasteiger partial charge >= 0.3 is 0 Å². The molecule has 0 radical (unpaired) electrons. The Balaban J connectivity index is 1.77. The van der Waals surface area contributed by atoms with Gasteiger partial charge in [0.25, 0.3) is 5.56 Å². The zero-order chi connectivity index (χ0) is 24.1. The van der Waals surface area contributed by atoms with Crippen LogP contribution in [0.5, 0.6) is 0 Å². The highest BCUT2D eigenvalue weighted by Crippen LogP contribution is 2.26. The van der Waals surface area contributed by atoms with E-state index in [0.717, 1.165) is 28.6 Å². The average molecular weight is 466 g/mol. The molecular formula is C24H27N5O3S. The first-order valence-electron chi connectivity index (χ1n) is 10.6. The first-order valence-corrected chi connectivity index (χ1v) is 11.5. The molecule has 3 aromatic rings. The fourth-order valence-corrected chi connectivity index (χ4v) is 3.82. The third kappa shape index (κ3) is 5.87. The third-order valence-corrected chi connectivity index (χ3v) is 6.00. The molecule has 0 aliphatic rings. The molecule has 33 heavy (non-hydrogen) atoms. The molecule has 0 saturated heterocycles. The molecule has 2 amide bonds. The van der Waals surface area contributed by atoms with E-state index in [9.17, 15) is 14.4 Å². The van der Waals surface area contributed by atoms with Gasteiger partial charge in [-0.1, -0.05) is 62.0 Å². The predicted octanol–water partition coefficient (Wildman–Crippen LogP) is 4.16. The molecule has 1 atom stereocenters. The molecule has 0 saturated carbocycles.